The molecule has 0 bridgehead atoms. The number of benzene rings is 2. The molecule has 2 atom stereocenters. The summed E-state index contributed by atoms with van der Waals surface area (Å²) in [5.74, 6) is -1.63. The molecule has 1 aromatic heterocycles. The third-order valence-corrected chi connectivity index (χ3v) is 5.20. The van der Waals surface area contributed by atoms with Crippen LogP contribution in [-0.2, 0) is 6.54 Å². The highest BCUT2D eigenvalue weighted by Crippen LogP contribution is 2.29. The van der Waals surface area contributed by atoms with E-state index >= 15 is 0 Å². The first kappa shape index (κ1) is 19.6. The van der Waals surface area contributed by atoms with Crippen LogP contribution < -0.4 is 10.6 Å². The van der Waals surface area contributed by atoms with E-state index in [1.54, 1.807) is 21.6 Å². The Balaban J connectivity index is 1.76. The highest BCUT2D eigenvalue weighted by atomic mass is 19.3. The Morgan fingerprint density at radius 1 is 1.10 bits per heavy atom. The molecule has 0 saturated carbocycles. The summed E-state index contributed by atoms with van der Waals surface area (Å²) >= 11 is 0. The Bertz CT molecular complexity index is 1020. The van der Waals surface area contributed by atoms with Gasteiger partial charge in [-0.2, -0.15) is 0 Å². The van der Waals surface area contributed by atoms with Gasteiger partial charge in [-0.1, -0.05) is 24.3 Å². The fourth-order valence-corrected chi connectivity index (χ4v) is 3.59. The monoisotopic (exact) mass is 410 g/mol. The Kier molecular flexibility index (Phi) is 5.16. The van der Waals surface area contributed by atoms with Crippen molar-refractivity contribution in [3.8, 4) is 0 Å². The minimum atomic E-state index is -2.57. The van der Waals surface area contributed by atoms with Crippen molar-refractivity contribution in [1.82, 2.24) is 9.55 Å². The van der Waals surface area contributed by atoms with Gasteiger partial charge in [0.1, 0.15) is 6.17 Å². The van der Waals surface area contributed by atoms with Crippen molar-refractivity contribution in [2.24, 2.45) is 5.73 Å². The van der Waals surface area contributed by atoms with Gasteiger partial charge in [0.05, 0.1) is 23.6 Å². The number of fused-ring (bicyclic) bond motifs is 1. The third kappa shape index (κ3) is 3.78. The number of imidazole rings is 1. The molecule has 0 aliphatic carbocycles. The normalized spacial score (nSPS) is 20.0. The lowest BCUT2D eigenvalue weighted by molar-refractivity contribution is 0.151. The molecule has 1 aliphatic heterocycles. The maximum absolute atomic E-state index is 13.9. The van der Waals surface area contributed by atoms with Gasteiger partial charge in [0.15, 0.2) is 11.6 Å². The van der Waals surface area contributed by atoms with Crippen LogP contribution in [0.1, 0.15) is 24.0 Å². The molecule has 0 unspecified atom stereocenters. The maximum atomic E-state index is 13.9. The first-order chi connectivity index (χ1) is 13.8. The summed E-state index contributed by atoms with van der Waals surface area (Å²) in [6.45, 7) is 0.762. The molecule has 0 radical (unpaired) electrons. The van der Waals surface area contributed by atoms with E-state index in [1.807, 2.05) is 0 Å². The molecule has 0 amide bonds. The van der Waals surface area contributed by atoms with Crippen molar-refractivity contribution in [3.63, 3.8) is 0 Å². The molecule has 0 spiro atoms. The van der Waals surface area contributed by atoms with E-state index in [0.29, 0.717) is 23.6 Å². The minimum Gasteiger partial charge on any atom is -0.340 e. The first-order valence-corrected chi connectivity index (χ1v) is 9.20. The molecule has 9 heteroatoms. The number of aromatic nitrogens is 2. The van der Waals surface area contributed by atoms with Gasteiger partial charge in [-0.05, 0) is 12.0 Å². The van der Waals surface area contributed by atoms with E-state index in [-0.39, 0.29) is 30.6 Å². The van der Waals surface area contributed by atoms with Crippen molar-refractivity contribution in [2.75, 3.05) is 18.0 Å². The van der Waals surface area contributed by atoms with Crippen LogP contribution in [0.4, 0.5) is 27.9 Å². The van der Waals surface area contributed by atoms with Gasteiger partial charge in [0.25, 0.3) is 6.43 Å². The standard InChI is InChI=1S/C20H19F5N4/c21-13-5-6-28(10-16(13)26)20-27-17-7-14(22)15(23)8-18(17)29(20)9-11-1-3-12(4-2-11)19(24)25/h1-4,7-8,13,16,19H,5-6,9-10,26H2/t13-,16-/m1/s1. The van der Waals surface area contributed by atoms with Gasteiger partial charge in [0.2, 0.25) is 5.95 Å². The van der Waals surface area contributed by atoms with E-state index in [9.17, 15) is 22.0 Å². The number of rotatable bonds is 4. The average Bonchev–Trinajstić information content (AvgIpc) is 3.02. The summed E-state index contributed by atoms with van der Waals surface area (Å²) in [4.78, 5) is 6.21. The Morgan fingerprint density at radius 3 is 2.45 bits per heavy atom. The second kappa shape index (κ2) is 7.62. The van der Waals surface area contributed by atoms with Crippen molar-refractivity contribution < 1.29 is 22.0 Å². The Morgan fingerprint density at radius 2 is 1.79 bits per heavy atom. The van der Waals surface area contributed by atoms with E-state index in [0.717, 1.165) is 12.1 Å². The maximum Gasteiger partial charge on any atom is 0.263 e. The van der Waals surface area contributed by atoms with Crippen LogP contribution in [0.3, 0.4) is 0 Å². The predicted molar refractivity (Wildman–Crippen MR) is 99.9 cm³/mol. The van der Waals surface area contributed by atoms with Gasteiger partial charge >= 0.3 is 0 Å². The van der Waals surface area contributed by atoms with Crippen LogP contribution in [0.25, 0.3) is 11.0 Å². The molecule has 4 nitrogen and oxygen atoms in total. The summed E-state index contributed by atoms with van der Waals surface area (Å²) in [6.07, 6.45) is -3.48. The third-order valence-electron chi connectivity index (χ3n) is 5.20. The second-order valence-corrected chi connectivity index (χ2v) is 7.21. The van der Waals surface area contributed by atoms with Gasteiger partial charge in [-0.25, -0.2) is 26.9 Å². The van der Waals surface area contributed by atoms with Crippen molar-refractivity contribution >= 4 is 17.0 Å². The van der Waals surface area contributed by atoms with E-state index in [4.69, 9.17) is 5.73 Å². The smallest absolute Gasteiger partial charge is 0.263 e. The summed E-state index contributed by atoms with van der Waals surface area (Å²) in [5.41, 5.74) is 7.04. The zero-order chi connectivity index (χ0) is 20.7. The highest BCUT2D eigenvalue weighted by Gasteiger charge is 2.29. The van der Waals surface area contributed by atoms with Gasteiger partial charge in [0, 0.05) is 30.8 Å². The van der Waals surface area contributed by atoms with Crippen LogP contribution in [0.5, 0.6) is 0 Å². The molecule has 3 aromatic rings. The SMILES string of the molecule is N[C@@H]1CN(c2nc3cc(F)c(F)cc3n2Cc2ccc(C(F)F)cc2)CC[C@H]1F. The van der Waals surface area contributed by atoms with Gasteiger partial charge < -0.3 is 15.2 Å². The zero-order valence-electron chi connectivity index (χ0n) is 15.3. The van der Waals surface area contributed by atoms with E-state index in [1.165, 1.54) is 12.1 Å². The molecule has 2 N–H and O–H groups in total. The number of hydrogen-bond donors (Lipinski definition) is 1. The summed E-state index contributed by atoms with van der Waals surface area (Å²) in [7, 11) is 0. The molecular formula is C20H19F5N4. The fraction of sp³-hybridized carbons (Fsp3) is 0.350. The van der Waals surface area contributed by atoms with Crippen LogP contribution >= 0.6 is 0 Å². The molecule has 29 heavy (non-hydrogen) atoms. The molecule has 1 aliphatic rings. The average molecular weight is 410 g/mol. The second-order valence-electron chi connectivity index (χ2n) is 7.21. The lowest BCUT2D eigenvalue weighted by Crippen LogP contribution is -2.50. The molecule has 2 heterocycles. The molecule has 2 aromatic carbocycles. The number of piperidine rings is 1. The van der Waals surface area contributed by atoms with Crippen molar-refractivity contribution in [3.05, 3.63) is 59.2 Å². The van der Waals surface area contributed by atoms with Gasteiger partial charge in [-0.15, -0.1) is 0 Å². The summed E-state index contributed by atoms with van der Waals surface area (Å²) < 4.78 is 68.7. The lowest BCUT2D eigenvalue weighted by Gasteiger charge is -2.34. The van der Waals surface area contributed by atoms with Gasteiger partial charge in [-0.3, -0.25) is 0 Å². The Labute approximate surface area is 163 Å². The molecule has 1 saturated heterocycles. The number of hydrogen-bond acceptors (Lipinski definition) is 3. The number of anilines is 1. The highest BCUT2D eigenvalue weighted by molar-refractivity contribution is 5.79. The quantitative estimate of drug-likeness (QED) is 0.657. The number of alkyl halides is 3. The largest absolute Gasteiger partial charge is 0.340 e. The number of nitrogens with two attached hydrogens (primary N) is 1. The topological polar surface area (TPSA) is 47.1 Å². The summed E-state index contributed by atoms with van der Waals surface area (Å²) in [6, 6.07) is 7.11. The minimum absolute atomic E-state index is 0.103. The van der Waals surface area contributed by atoms with E-state index in [2.05, 4.69) is 4.98 Å². The van der Waals surface area contributed by atoms with Crippen LogP contribution in [-0.4, -0.2) is 34.9 Å². The molecule has 154 valence electrons. The zero-order valence-corrected chi connectivity index (χ0v) is 15.3. The predicted octanol–water partition coefficient (Wildman–Crippen LogP) is 4.18. The molecule has 1 fully saturated rings. The summed E-state index contributed by atoms with van der Waals surface area (Å²) in [5, 5.41) is 0. The number of nitrogens with zero attached hydrogens (tertiary/aromatic N) is 3. The van der Waals surface area contributed by atoms with Crippen molar-refractivity contribution in [1.29, 1.82) is 0 Å². The Hall–Kier alpha value is -2.68. The molecular weight excluding hydrogens is 391 g/mol. The van der Waals surface area contributed by atoms with Crippen LogP contribution in [0, 0.1) is 11.6 Å². The van der Waals surface area contributed by atoms with Crippen LogP contribution in [0.2, 0.25) is 0 Å². The fourth-order valence-electron chi connectivity index (χ4n) is 3.59. The number of halogens is 5. The van der Waals surface area contributed by atoms with Crippen molar-refractivity contribution in [2.45, 2.75) is 31.6 Å². The van der Waals surface area contributed by atoms with E-state index < -0.39 is 30.3 Å². The lowest BCUT2D eigenvalue weighted by atomic mass is 10.1. The first-order valence-electron chi connectivity index (χ1n) is 9.20. The van der Waals surface area contributed by atoms with Crippen LogP contribution in [0.15, 0.2) is 36.4 Å². The molecule has 4 rings (SSSR count).